The molecule has 7 nitrogen and oxygen atoms in total. The van der Waals surface area contributed by atoms with E-state index in [2.05, 4.69) is 22.7 Å². The first-order valence-corrected chi connectivity index (χ1v) is 10.7. The molecular weight excluding hydrogens is 388 g/mol. The third kappa shape index (κ3) is 3.89. The fraction of sp³-hybridized carbons (Fsp3) is 0.429. The summed E-state index contributed by atoms with van der Waals surface area (Å²) in [6.45, 7) is 4.16. The number of amides is 4. The van der Waals surface area contributed by atoms with Gasteiger partial charge < -0.3 is 5.32 Å². The van der Waals surface area contributed by atoms with E-state index in [-0.39, 0.29) is 12.3 Å². The Kier molecular flexibility index (Phi) is 5.12. The molecule has 1 spiro atoms. The van der Waals surface area contributed by atoms with Gasteiger partial charge in [-0.3, -0.25) is 15.0 Å². The number of urea groups is 1. The number of aryl methyl sites for hydroxylation is 1. The molecule has 2 aliphatic rings. The smallest absolute Gasteiger partial charge is 0.322 e. The second kappa shape index (κ2) is 7.59. The van der Waals surface area contributed by atoms with E-state index in [0.717, 1.165) is 34.0 Å². The predicted molar refractivity (Wildman–Crippen MR) is 110 cm³/mol. The Labute approximate surface area is 173 Å². The molecule has 4 amide bonds. The lowest BCUT2D eigenvalue weighted by atomic mass is 9.77. The molecule has 2 aromatic rings. The zero-order chi connectivity index (χ0) is 20.6. The molecular formula is C21H24N4O3S. The lowest BCUT2D eigenvalue weighted by molar-refractivity contribution is -0.139. The van der Waals surface area contributed by atoms with Crippen molar-refractivity contribution in [1.29, 1.82) is 0 Å². The van der Waals surface area contributed by atoms with Crippen molar-refractivity contribution in [2.75, 3.05) is 0 Å². The zero-order valence-electron chi connectivity index (χ0n) is 16.5. The largest absolute Gasteiger partial charge is 0.344 e. The van der Waals surface area contributed by atoms with E-state index in [1.165, 1.54) is 11.3 Å². The summed E-state index contributed by atoms with van der Waals surface area (Å²) < 4.78 is 0. The molecule has 2 heterocycles. The lowest BCUT2D eigenvalue weighted by Gasteiger charge is -2.33. The fourth-order valence-corrected chi connectivity index (χ4v) is 4.76. The van der Waals surface area contributed by atoms with Gasteiger partial charge >= 0.3 is 6.03 Å². The summed E-state index contributed by atoms with van der Waals surface area (Å²) in [5, 5.41) is 6.30. The minimum atomic E-state index is -0.865. The number of nitrogens with zero attached hydrogens (tertiary/aromatic N) is 2. The van der Waals surface area contributed by atoms with Gasteiger partial charge in [-0.05, 0) is 44.6 Å². The standard InChI is InChI=1S/C21H24N4O3S/c1-13-6-8-21(9-7-13)19(27)25(20(28)23-21)24-17(26)11-16-12-29-18(22-16)15-5-3-4-14(2)10-15/h3-5,10,12-13H,6-9,11H2,1-2H3,(H,23,28)(H,24,26). The van der Waals surface area contributed by atoms with E-state index in [9.17, 15) is 14.4 Å². The minimum absolute atomic E-state index is 0.00338. The van der Waals surface area contributed by atoms with E-state index in [0.29, 0.717) is 24.5 Å². The van der Waals surface area contributed by atoms with Crippen LogP contribution in [0, 0.1) is 12.8 Å². The SMILES string of the molecule is Cc1cccc(-c2nc(CC(=O)NN3C(=O)NC4(CCC(C)CC4)C3=O)cs2)c1. The lowest BCUT2D eigenvalue weighted by Crippen LogP contribution is -2.51. The maximum Gasteiger partial charge on any atom is 0.344 e. The molecule has 152 valence electrons. The van der Waals surface area contributed by atoms with Crippen LogP contribution in [0.1, 0.15) is 43.9 Å². The van der Waals surface area contributed by atoms with Crippen molar-refractivity contribution in [3.8, 4) is 10.6 Å². The second-order valence-electron chi connectivity index (χ2n) is 8.06. The van der Waals surface area contributed by atoms with Crippen molar-refractivity contribution in [3.63, 3.8) is 0 Å². The van der Waals surface area contributed by atoms with E-state index in [1.807, 2.05) is 36.6 Å². The first-order chi connectivity index (χ1) is 13.9. The Morgan fingerprint density at radius 3 is 2.83 bits per heavy atom. The molecule has 0 atom stereocenters. The number of carbonyl (C=O) groups is 3. The quantitative estimate of drug-likeness (QED) is 0.755. The highest BCUT2D eigenvalue weighted by Crippen LogP contribution is 2.35. The van der Waals surface area contributed by atoms with Gasteiger partial charge in [0.25, 0.3) is 5.91 Å². The summed E-state index contributed by atoms with van der Waals surface area (Å²) >= 11 is 1.46. The molecule has 0 radical (unpaired) electrons. The molecule has 2 fully saturated rings. The Hall–Kier alpha value is -2.74. The number of carbonyl (C=O) groups excluding carboxylic acids is 3. The van der Waals surface area contributed by atoms with E-state index in [1.54, 1.807) is 0 Å². The van der Waals surface area contributed by atoms with Gasteiger partial charge in [0.05, 0.1) is 12.1 Å². The summed E-state index contributed by atoms with van der Waals surface area (Å²) in [5.74, 6) is -0.251. The maximum absolute atomic E-state index is 12.8. The Morgan fingerprint density at radius 2 is 2.10 bits per heavy atom. The molecule has 29 heavy (non-hydrogen) atoms. The van der Waals surface area contributed by atoms with Crippen LogP contribution in [0.3, 0.4) is 0 Å². The van der Waals surface area contributed by atoms with Crippen molar-refractivity contribution >= 4 is 29.2 Å². The van der Waals surface area contributed by atoms with Crippen LogP contribution in [0.5, 0.6) is 0 Å². The number of hydrogen-bond acceptors (Lipinski definition) is 5. The number of aromatic nitrogens is 1. The molecule has 0 unspecified atom stereocenters. The summed E-state index contributed by atoms with van der Waals surface area (Å²) in [6, 6.07) is 7.45. The third-order valence-corrected chi connectivity index (χ3v) is 6.62. The summed E-state index contributed by atoms with van der Waals surface area (Å²) in [6.07, 6.45) is 2.99. The van der Waals surface area contributed by atoms with Gasteiger partial charge in [0.2, 0.25) is 5.91 Å². The average molecular weight is 413 g/mol. The minimum Gasteiger partial charge on any atom is -0.322 e. The van der Waals surface area contributed by atoms with Gasteiger partial charge in [-0.15, -0.1) is 11.3 Å². The zero-order valence-corrected chi connectivity index (χ0v) is 17.3. The van der Waals surface area contributed by atoms with Crippen molar-refractivity contribution in [3.05, 3.63) is 40.9 Å². The molecule has 1 aromatic heterocycles. The van der Waals surface area contributed by atoms with Crippen molar-refractivity contribution in [2.45, 2.75) is 51.5 Å². The maximum atomic E-state index is 12.8. The number of hydrogen-bond donors (Lipinski definition) is 2. The van der Waals surface area contributed by atoms with Crippen LogP contribution in [0.4, 0.5) is 4.79 Å². The van der Waals surface area contributed by atoms with E-state index >= 15 is 0 Å². The first kappa shape index (κ1) is 19.6. The van der Waals surface area contributed by atoms with Crippen molar-refractivity contribution < 1.29 is 14.4 Å². The number of rotatable bonds is 4. The Morgan fingerprint density at radius 1 is 1.34 bits per heavy atom. The van der Waals surface area contributed by atoms with Gasteiger partial charge in [0, 0.05) is 10.9 Å². The molecule has 2 N–H and O–H groups in total. The van der Waals surface area contributed by atoms with Crippen LogP contribution >= 0.6 is 11.3 Å². The van der Waals surface area contributed by atoms with E-state index < -0.39 is 17.5 Å². The summed E-state index contributed by atoms with van der Waals surface area (Å²) in [5.41, 5.74) is 4.35. The van der Waals surface area contributed by atoms with Crippen LogP contribution in [-0.2, 0) is 16.0 Å². The van der Waals surface area contributed by atoms with Gasteiger partial charge in [-0.1, -0.05) is 30.7 Å². The third-order valence-electron chi connectivity index (χ3n) is 5.68. The molecule has 0 bridgehead atoms. The Bertz CT molecular complexity index is 962. The van der Waals surface area contributed by atoms with Crippen LogP contribution in [0.15, 0.2) is 29.6 Å². The van der Waals surface area contributed by atoms with Gasteiger partial charge in [0.15, 0.2) is 0 Å². The molecule has 1 aliphatic heterocycles. The highest BCUT2D eigenvalue weighted by Gasteiger charge is 2.52. The number of benzene rings is 1. The summed E-state index contributed by atoms with van der Waals surface area (Å²) in [4.78, 5) is 42.1. The number of thiazole rings is 1. The fourth-order valence-electron chi connectivity index (χ4n) is 3.94. The van der Waals surface area contributed by atoms with Crippen molar-refractivity contribution in [1.82, 2.24) is 20.7 Å². The molecule has 1 saturated heterocycles. The predicted octanol–water partition coefficient (Wildman–Crippen LogP) is 3.19. The number of nitrogens with one attached hydrogen (secondary N) is 2. The van der Waals surface area contributed by atoms with Crippen LogP contribution in [0.25, 0.3) is 10.6 Å². The number of hydrazine groups is 1. The normalized spacial score (nSPS) is 24.1. The van der Waals surface area contributed by atoms with Crippen LogP contribution in [-0.4, -0.2) is 33.4 Å². The number of imide groups is 1. The molecule has 4 rings (SSSR count). The molecule has 1 aromatic carbocycles. The highest BCUT2D eigenvalue weighted by atomic mass is 32.1. The molecule has 1 saturated carbocycles. The van der Waals surface area contributed by atoms with Crippen LogP contribution < -0.4 is 10.7 Å². The van der Waals surface area contributed by atoms with Gasteiger partial charge in [0.1, 0.15) is 10.5 Å². The average Bonchev–Trinajstić information content (AvgIpc) is 3.23. The summed E-state index contributed by atoms with van der Waals surface area (Å²) in [7, 11) is 0. The first-order valence-electron chi connectivity index (χ1n) is 9.84. The molecule has 8 heteroatoms. The van der Waals surface area contributed by atoms with Gasteiger partial charge in [-0.25, -0.2) is 9.78 Å². The van der Waals surface area contributed by atoms with E-state index in [4.69, 9.17) is 0 Å². The Balaban J connectivity index is 1.40. The van der Waals surface area contributed by atoms with Crippen molar-refractivity contribution in [2.24, 2.45) is 5.92 Å². The topological polar surface area (TPSA) is 91.4 Å². The van der Waals surface area contributed by atoms with Gasteiger partial charge in [-0.2, -0.15) is 5.01 Å². The second-order valence-corrected chi connectivity index (χ2v) is 8.92. The monoisotopic (exact) mass is 412 g/mol. The van der Waals surface area contributed by atoms with Crippen LogP contribution in [0.2, 0.25) is 0 Å². The highest BCUT2D eigenvalue weighted by molar-refractivity contribution is 7.13. The molecule has 1 aliphatic carbocycles.